The van der Waals surface area contributed by atoms with E-state index >= 15 is 0 Å². The number of hydrogen-bond acceptors (Lipinski definition) is 7. The van der Waals surface area contributed by atoms with Gasteiger partial charge in [0.25, 0.3) is 0 Å². The van der Waals surface area contributed by atoms with E-state index in [4.69, 9.17) is 35.0 Å². The highest BCUT2D eigenvalue weighted by molar-refractivity contribution is 5.83. The van der Waals surface area contributed by atoms with Gasteiger partial charge in [-0.2, -0.15) is 0 Å². The quantitative estimate of drug-likeness (QED) is 0.312. The average Bonchev–Trinajstić information content (AvgIpc) is 2.48. The summed E-state index contributed by atoms with van der Waals surface area (Å²) in [6.07, 6.45) is -2.91. The van der Waals surface area contributed by atoms with Crippen molar-refractivity contribution in [2.75, 3.05) is 19.8 Å². The number of aliphatic carboxylic acids is 2. The van der Waals surface area contributed by atoms with E-state index in [2.05, 4.69) is 0 Å². The lowest BCUT2D eigenvalue weighted by molar-refractivity contribution is -0.171. The first kappa shape index (κ1) is 24.0. The van der Waals surface area contributed by atoms with Crippen LogP contribution in [0.3, 0.4) is 0 Å². The Balaban J connectivity index is 0. The van der Waals surface area contributed by atoms with Crippen molar-refractivity contribution in [1.82, 2.24) is 0 Å². The number of carboxylic acids is 2. The minimum atomic E-state index is -2.02. The van der Waals surface area contributed by atoms with E-state index < -0.39 is 30.3 Å². The second-order valence-corrected chi connectivity index (χ2v) is 4.94. The summed E-state index contributed by atoms with van der Waals surface area (Å²) in [5.41, 5.74) is 0. The Kier molecular flexibility index (Phi) is 15.0. The molecule has 0 aromatic rings. The fraction of sp³-hybridized carbons (Fsp3) is 0.857. The zero-order valence-electron chi connectivity index (χ0n) is 13.7. The minimum absolute atomic E-state index is 0.00667. The normalized spacial score (nSPS) is 15.7. The van der Waals surface area contributed by atoms with Crippen LogP contribution in [0.25, 0.3) is 0 Å². The lowest BCUT2D eigenvalue weighted by Crippen LogP contribution is -2.41. The lowest BCUT2D eigenvalue weighted by Gasteiger charge is -2.15. The van der Waals surface area contributed by atoms with Crippen molar-refractivity contribution in [2.45, 2.75) is 58.0 Å². The van der Waals surface area contributed by atoms with Crippen molar-refractivity contribution in [1.29, 1.82) is 0 Å². The molecular formula is C14H28O9. The van der Waals surface area contributed by atoms with Gasteiger partial charge in [-0.25, -0.2) is 9.59 Å². The Morgan fingerprint density at radius 3 is 1.96 bits per heavy atom. The number of ether oxygens (including phenoxy) is 2. The summed E-state index contributed by atoms with van der Waals surface area (Å²) in [5, 5.41) is 43.0. The van der Waals surface area contributed by atoms with Gasteiger partial charge in [-0.3, -0.25) is 0 Å². The summed E-state index contributed by atoms with van der Waals surface area (Å²) in [4.78, 5) is 20.8. The van der Waals surface area contributed by atoms with Crippen molar-refractivity contribution in [3.63, 3.8) is 0 Å². The SMILES string of the molecule is CC(O)COC(C)CO.CCCCOC(C(=O)O)C(O)C(=O)O. The van der Waals surface area contributed by atoms with Crippen LogP contribution in [0.5, 0.6) is 0 Å². The van der Waals surface area contributed by atoms with Crippen LogP contribution >= 0.6 is 0 Å². The second kappa shape index (κ2) is 14.3. The summed E-state index contributed by atoms with van der Waals surface area (Å²) in [6, 6.07) is 0. The maximum Gasteiger partial charge on any atom is 0.336 e. The van der Waals surface area contributed by atoms with Gasteiger partial charge in [0.05, 0.1) is 25.4 Å². The van der Waals surface area contributed by atoms with E-state index in [0.29, 0.717) is 13.0 Å². The molecule has 0 aromatic carbocycles. The van der Waals surface area contributed by atoms with E-state index in [1.807, 2.05) is 6.92 Å². The molecule has 4 unspecified atom stereocenters. The first-order chi connectivity index (χ1) is 10.7. The predicted molar refractivity (Wildman–Crippen MR) is 80.1 cm³/mol. The number of carboxylic acid groups (broad SMARTS) is 2. The number of hydrogen-bond donors (Lipinski definition) is 5. The molecule has 0 rings (SSSR count). The number of carbonyl (C=O) groups is 2. The lowest BCUT2D eigenvalue weighted by atomic mass is 10.2. The average molecular weight is 340 g/mol. The number of unbranched alkanes of at least 4 members (excludes halogenated alkanes) is 1. The van der Waals surface area contributed by atoms with E-state index in [1.165, 1.54) is 0 Å². The topological polar surface area (TPSA) is 154 Å². The second-order valence-electron chi connectivity index (χ2n) is 4.94. The van der Waals surface area contributed by atoms with Crippen LogP contribution in [0, 0.1) is 0 Å². The highest BCUT2D eigenvalue weighted by atomic mass is 16.5. The van der Waals surface area contributed by atoms with Gasteiger partial charge in [0.2, 0.25) is 0 Å². The van der Waals surface area contributed by atoms with Gasteiger partial charge in [-0.15, -0.1) is 0 Å². The van der Waals surface area contributed by atoms with Crippen molar-refractivity contribution in [2.24, 2.45) is 0 Å². The number of rotatable bonds is 11. The van der Waals surface area contributed by atoms with E-state index in [0.717, 1.165) is 6.42 Å². The molecule has 9 heteroatoms. The fourth-order valence-corrected chi connectivity index (χ4v) is 1.14. The van der Waals surface area contributed by atoms with Crippen LogP contribution in [0.1, 0.15) is 33.6 Å². The van der Waals surface area contributed by atoms with Crippen LogP contribution in [0.2, 0.25) is 0 Å². The van der Waals surface area contributed by atoms with Crippen molar-refractivity contribution in [3.8, 4) is 0 Å². The summed E-state index contributed by atoms with van der Waals surface area (Å²) in [5.74, 6) is -3.08. The molecule has 0 amide bonds. The van der Waals surface area contributed by atoms with Crippen molar-refractivity contribution < 1.29 is 44.6 Å². The largest absolute Gasteiger partial charge is 0.479 e. The molecule has 0 saturated carbocycles. The molecule has 0 radical (unpaired) electrons. The molecule has 0 saturated heterocycles. The summed E-state index contributed by atoms with van der Waals surface area (Å²) in [6.45, 7) is 5.70. The van der Waals surface area contributed by atoms with Crippen molar-refractivity contribution >= 4 is 11.9 Å². The van der Waals surface area contributed by atoms with Gasteiger partial charge in [0.15, 0.2) is 12.2 Å². The van der Waals surface area contributed by atoms with E-state index in [9.17, 15) is 9.59 Å². The molecule has 0 spiro atoms. The maximum absolute atomic E-state index is 10.5. The molecule has 0 fully saturated rings. The molecule has 0 heterocycles. The summed E-state index contributed by atoms with van der Waals surface area (Å²) in [7, 11) is 0. The van der Waals surface area contributed by atoms with E-state index in [1.54, 1.807) is 13.8 Å². The van der Waals surface area contributed by atoms with Crippen LogP contribution < -0.4 is 0 Å². The highest BCUT2D eigenvalue weighted by Crippen LogP contribution is 2.02. The fourth-order valence-electron chi connectivity index (χ4n) is 1.14. The Morgan fingerprint density at radius 2 is 1.61 bits per heavy atom. The van der Waals surface area contributed by atoms with Crippen LogP contribution in [-0.4, -0.2) is 81.7 Å². The molecule has 0 aliphatic carbocycles. The van der Waals surface area contributed by atoms with Gasteiger partial charge < -0.3 is 35.0 Å². The van der Waals surface area contributed by atoms with Gasteiger partial charge in [-0.05, 0) is 20.3 Å². The molecule has 0 bridgehead atoms. The molecule has 5 N–H and O–H groups in total. The molecule has 9 nitrogen and oxygen atoms in total. The van der Waals surface area contributed by atoms with Crippen molar-refractivity contribution in [3.05, 3.63) is 0 Å². The van der Waals surface area contributed by atoms with Gasteiger partial charge in [0, 0.05) is 6.61 Å². The summed E-state index contributed by atoms with van der Waals surface area (Å²) >= 11 is 0. The van der Waals surface area contributed by atoms with E-state index in [-0.39, 0.29) is 19.3 Å². The molecule has 0 aliphatic heterocycles. The summed E-state index contributed by atoms with van der Waals surface area (Å²) < 4.78 is 9.69. The first-order valence-electron chi connectivity index (χ1n) is 7.33. The van der Waals surface area contributed by atoms with Crippen LogP contribution in [0.15, 0.2) is 0 Å². The van der Waals surface area contributed by atoms with Gasteiger partial charge >= 0.3 is 11.9 Å². The Hall–Kier alpha value is -1.26. The predicted octanol–water partition coefficient (Wildman–Crippen LogP) is -0.534. The molecule has 138 valence electrons. The Morgan fingerprint density at radius 1 is 1.04 bits per heavy atom. The minimum Gasteiger partial charge on any atom is -0.479 e. The molecule has 0 aromatic heterocycles. The zero-order valence-corrected chi connectivity index (χ0v) is 13.7. The molecule has 0 aliphatic rings. The third-order valence-corrected chi connectivity index (χ3v) is 2.46. The van der Waals surface area contributed by atoms with Gasteiger partial charge in [0.1, 0.15) is 0 Å². The zero-order chi connectivity index (χ0) is 18.4. The standard InChI is InChI=1S/C8H14O6.C6H14O3/c1-2-3-4-14-6(8(12)13)5(9)7(10)11;1-5(8)4-9-6(2)3-7/h5-6,9H,2-4H2,1H3,(H,10,11)(H,12,13);5-8H,3-4H2,1-2H3. The van der Waals surface area contributed by atoms with Crippen LogP contribution in [0.4, 0.5) is 0 Å². The first-order valence-corrected chi connectivity index (χ1v) is 7.33. The van der Waals surface area contributed by atoms with Crippen LogP contribution in [-0.2, 0) is 19.1 Å². The molecule has 23 heavy (non-hydrogen) atoms. The number of aliphatic hydroxyl groups excluding tert-OH is 3. The van der Waals surface area contributed by atoms with Gasteiger partial charge in [-0.1, -0.05) is 13.3 Å². The highest BCUT2D eigenvalue weighted by Gasteiger charge is 2.32. The maximum atomic E-state index is 10.5. The third kappa shape index (κ3) is 14.1. The molecule has 4 atom stereocenters. The monoisotopic (exact) mass is 340 g/mol. The third-order valence-electron chi connectivity index (χ3n) is 2.46. The smallest absolute Gasteiger partial charge is 0.336 e. The molecular weight excluding hydrogens is 312 g/mol. The number of aliphatic hydroxyl groups is 3. The Bertz CT molecular complexity index is 319. The Labute approximate surface area is 135 Å².